The topological polar surface area (TPSA) is 76.2 Å². The van der Waals surface area contributed by atoms with E-state index < -0.39 is 29.5 Å². The van der Waals surface area contributed by atoms with Crippen molar-refractivity contribution in [2.24, 2.45) is 0 Å². The Balaban J connectivity index is 2.02. The molecule has 0 fully saturated rings. The van der Waals surface area contributed by atoms with Gasteiger partial charge in [-0.1, -0.05) is 0 Å². The lowest BCUT2D eigenvalue weighted by atomic mass is 10.0. The number of aryl methyl sites for hydroxylation is 1. The Kier molecular flexibility index (Phi) is 6.54. The first kappa shape index (κ1) is 20.8. The Bertz CT molecular complexity index is 907. The zero-order chi connectivity index (χ0) is 20.3. The van der Waals surface area contributed by atoms with E-state index >= 15 is 0 Å². The Morgan fingerprint density at radius 2 is 1.89 bits per heavy atom. The van der Waals surface area contributed by atoms with Crippen molar-refractivity contribution < 1.29 is 27.9 Å². The minimum absolute atomic E-state index is 0.0205. The van der Waals surface area contributed by atoms with Crippen molar-refractivity contribution in [1.29, 1.82) is 0 Å². The summed E-state index contributed by atoms with van der Waals surface area (Å²) in [4.78, 5) is 39.0. The van der Waals surface area contributed by atoms with Gasteiger partial charge in [0.15, 0.2) is 11.9 Å². The van der Waals surface area contributed by atoms with E-state index in [9.17, 15) is 23.2 Å². The lowest BCUT2D eigenvalue weighted by Crippen LogP contribution is -2.26. The van der Waals surface area contributed by atoms with E-state index in [0.717, 1.165) is 30.0 Å². The van der Waals surface area contributed by atoms with Crippen LogP contribution in [0.4, 0.5) is 8.78 Å². The molecule has 1 heterocycles. The number of ether oxygens (including phenoxy) is 1. The lowest BCUT2D eigenvalue weighted by Gasteiger charge is -2.12. The van der Waals surface area contributed by atoms with Crippen LogP contribution in [0.2, 0.25) is 0 Å². The van der Waals surface area contributed by atoms with Crippen LogP contribution < -0.4 is 0 Å². The van der Waals surface area contributed by atoms with Crippen molar-refractivity contribution >= 4 is 29.3 Å². The van der Waals surface area contributed by atoms with E-state index in [-0.39, 0.29) is 22.1 Å². The number of aromatic nitrogens is 1. The number of Topliss-reactive ketones (excluding diaryl/α,β-unsaturated/α-hetero) is 2. The second-order valence-corrected chi connectivity index (χ2v) is 7.06. The lowest BCUT2D eigenvalue weighted by molar-refractivity contribution is -0.143. The summed E-state index contributed by atoms with van der Waals surface area (Å²) in [5.74, 6) is -2.92. The van der Waals surface area contributed by atoms with Gasteiger partial charge in [-0.15, -0.1) is 11.8 Å². The highest BCUT2D eigenvalue weighted by atomic mass is 32.2. The van der Waals surface area contributed by atoms with Gasteiger partial charge in [-0.25, -0.2) is 8.78 Å². The normalized spacial score (nSPS) is 11.9. The first-order chi connectivity index (χ1) is 12.6. The van der Waals surface area contributed by atoms with E-state index in [0.29, 0.717) is 16.8 Å². The fourth-order valence-electron chi connectivity index (χ4n) is 2.74. The van der Waals surface area contributed by atoms with Gasteiger partial charge in [0.1, 0.15) is 11.6 Å². The molecule has 0 bridgehead atoms. The van der Waals surface area contributed by atoms with Crippen LogP contribution in [0.5, 0.6) is 0 Å². The van der Waals surface area contributed by atoms with Crippen LogP contribution in [-0.4, -0.2) is 34.4 Å². The number of rotatable bonds is 7. The average molecular weight is 395 g/mol. The number of H-pyrrole nitrogens is 1. The minimum Gasteiger partial charge on any atom is -0.454 e. The number of ketones is 2. The number of aromatic amines is 1. The SMILES string of the molecule is CC(=O)c1c(C)[nH]c(C(=O)[C@@H](C)OC(=O)CSc2cc(F)ccc2F)c1C. The van der Waals surface area contributed by atoms with E-state index in [2.05, 4.69) is 4.98 Å². The van der Waals surface area contributed by atoms with Crippen LogP contribution in [0.3, 0.4) is 0 Å². The summed E-state index contributed by atoms with van der Waals surface area (Å²) in [5, 5.41) is 0. The summed E-state index contributed by atoms with van der Waals surface area (Å²) in [6, 6.07) is 2.93. The second kappa shape index (κ2) is 8.47. The van der Waals surface area contributed by atoms with Crippen LogP contribution in [-0.2, 0) is 9.53 Å². The molecule has 8 heteroatoms. The Hall–Kier alpha value is -2.48. The molecule has 0 unspecified atom stereocenters. The number of hydrogen-bond donors (Lipinski definition) is 1. The van der Waals surface area contributed by atoms with Gasteiger partial charge in [0.25, 0.3) is 0 Å². The molecule has 0 saturated heterocycles. The number of carbonyl (C=O) groups excluding carboxylic acids is 3. The first-order valence-electron chi connectivity index (χ1n) is 8.13. The largest absolute Gasteiger partial charge is 0.454 e. The van der Waals surface area contributed by atoms with E-state index in [4.69, 9.17) is 4.74 Å². The molecular formula is C19H19F2NO4S. The third-order valence-electron chi connectivity index (χ3n) is 3.95. The zero-order valence-electron chi connectivity index (χ0n) is 15.3. The van der Waals surface area contributed by atoms with Crippen molar-refractivity contribution in [3.8, 4) is 0 Å². The smallest absolute Gasteiger partial charge is 0.316 e. The Morgan fingerprint density at radius 3 is 2.48 bits per heavy atom. The van der Waals surface area contributed by atoms with Crippen molar-refractivity contribution in [2.45, 2.75) is 38.7 Å². The van der Waals surface area contributed by atoms with Gasteiger partial charge in [-0.05, 0) is 51.5 Å². The van der Waals surface area contributed by atoms with Crippen molar-refractivity contribution in [3.05, 3.63) is 52.3 Å². The molecule has 1 aromatic heterocycles. The maximum atomic E-state index is 13.6. The summed E-state index contributed by atoms with van der Waals surface area (Å²) in [6.45, 7) is 6.15. The first-order valence-corrected chi connectivity index (χ1v) is 9.12. The molecule has 0 saturated carbocycles. The maximum Gasteiger partial charge on any atom is 0.316 e. The van der Waals surface area contributed by atoms with Gasteiger partial charge in [0, 0.05) is 16.2 Å². The van der Waals surface area contributed by atoms with Gasteiger partial charge in [-0.3, -0.25) is 14.4 Å². The number of thioether (sulfide) groups is 1. The monoisotopic (exact) mass is 395 g/mol. The predicted octanol–water partition coefficient (Wildman–Crippen LogP) is 4.02. The number of esters is 1. The summed E-state index contributed by atoms with van der Waals surface area (Å²) in [7, 11) is 0. The number of carbonyl (C=O) groups is 3. The van der Waals surface area contributed by atoms with Gasteiger partial charge < -0.3 is 9.72 Å². The highest BCUT2D eigenvalue weighted by Gasteiger charge is 2.26. The molecule has 2 aromatic rings. The molecule has 27 heavy (non-hydrogen) atoms. The van der Waals surface area contributed by atoms with Crippen molar-refractivity contribution in [3.63, 3.8) is 0 Å². The van der Waals surface area contributed by atoms with Gasteiger partial charge >= 0.3 is 5.97 Å². The van der Waals surface area contributed by atoms with E-state index in [1.54, 1.807) is 13.8 Å². The van der Waals surface area contributed by atoms with E-state index in [1.807, 2.05) is 0 Å². The summed E-state index contributed by atoms with van der Waals surface area (Å²) >= 11 is 0.779. The van der Waals surface area contributed by atoms with Crippen molar-refractivity contribution in [1.82, 2.24) is 4.98 Å². The van der Waals surface area contributed by atoms with Gasteiger partial charge in [0.05, 0.1) is 11.4 Å². The number of benzene rings is 1. The van der Waals surface area contributed by atoms with Crippen LogP contribution in [0, 0.1) is 25.5 Å². The van der Waals surface area contributed by atoms with Gasteiger partial charge in [-0.2, -0.15) is 0 Å². The van der Waals surface area contributed by atoms with Gasteiger partial charge in [0.2, 0.25) is 5.78 Å². The number of halogens is 2. The fraction of sp³-hybridized carbons (Fsp3) is 0.316. The quantitative estimate of drug-likeness (QED) is 0.435. The molecule has 1 aromatic carbocycles. The molecule has 144 valence electrons. The highest BCUT2D eigenvalue weighted by molar-refractivity contribution is 8.00. The molecule has 0 aliphatic heterocycles. The molecule has 1 N–H and O–H groups in total. The van der Waals surface area contributed by atoms with Crippen LogP contribution in [0.25, 0.3) is 0 Å². The molecular weight excluding hydrogens is 376 g/mol. The standard InChI is InChI=1S/C19H19F2NO4S/c1-9-17(11(3)23)10(2)22-18(9)19(25)12(4)26-16(24)8-27-15-7-13(20)5-6-14(15)21/h5-7,12,22H,8H2,1-4H3/t12-/m1/s1. The molecule has 2 rings (SSSR count). The summed E-state index contributed by atoms with van der Waals surface area (Å²) < 4.78 is 31.8. The molecule has 0 radical (unpaired) electrons. The predicted molar refractivity (Wildman–Crippen MR) is 97.2 cm³/mol. The average Bonchev–Trinajstić information content (AvgIpc) is 2.89. The highest BCUT2D eigenvalue weighted by Crippen LogP contribution is 2.24. The second-order valence-electron chi connectivity index (χ2n) is 6.04. The third kappa shape index (κ3) is 4.82. The molecule has 5 nitrogen and oxygen atoms in total. The van der Waals surface area contributed by atoms with Crippen LogP contribution in [0.15, 0.2) is 23.1 Å². The van der Waals surface area contributed by atoms with Crippen LogP contribution >= 0.6 is 11.8 Å². The summed E-state index contributed by atoms with van der Waals surface area (Å²) in [5.41, 5.74) is 1.72. The molecule has 0 amide bonds. The molecule has 0 spiro atoms. The molecule has 0 aliphatic rings. The third-order valence-corrected chi connectivity index (χ3v) is 4.96. The Labute approximate surface area is 159 Å². The molecule has 1 atom stereocenters. The zero-order valence-corrected chi connectivity index (χ0v) is 16.1. The Morgan fingerprint density at radius 1 is 1.22 bits per heavy atom. The number of nitrogens with one attached hydrogen (secondary N) is 1. The van der Waals surface area contributed by atoms with Crippen LogP contribution in [0.1, 0.15) is 46.0 Å². The summed E-state index contributed by atoms with van der Waals surface area (Å²) in [6.07, 6.45) is -1.09. The maximum absolute atomic E-state index is 13.6. The fourth-order valence-corrected chi connectivity index (χ4v) is 3.48. The molecule has 0 aliphatic carbocycles. The van der Waals surface area contributed by atoms with E-state index in [1.165, 1.54) is 13.8 Å². The number of hydrogen-bond acceptors (Lipinski definition) is 5. The van der Waals surface area contributed by atoms with Crippen molar-refractivity contribution in [2.75, 3.05) is 5.75 Å². The minimum atomic E-state index is -1.09.